The Morgan fingerprint density at radius 3 is 2.67 bits per heavy atom. The lowest BCUT2D eigenvalue weighted by Gasteiger charge is -1.93. The summed E-state index contributed by atoms with van der Waals surface area (Å²) in [6.45, 7) is 2.12. The lowest BCUT2D eigenvalue weighted by molar-refractivity contribution is 1.14. The second kappa shape index (κ2) is 2.88. The maximum Gasteiger partial charge on any atom is 0.0408 e. The van der Waals surface area contributed by atoms with Crippen LogP contribution in [0.15, 0.2) is 24.3 Å². The Morgan fingerprint density at radius 1 is 1.44 bits per heavy atom. The van der Waals surface area contributed by atoms with E-state index in [0.29, 0.717) is 0 Å². The van der Waals surface area contributed by atoms with Crippen LogP contribution in [0.3, 0.4) is 0 Å². The van der Waals surface area contributed by atoms with Gasteiger partial charge in [-0.1, -0.05) is 30.7 Å². The minimum atomic E-state index is 0.828. The van der Waals surface area contributed by atoms with E-state index in [-0.39, 0.29) is 0 Å². The van der Waals surface area contributed by atoms with Gasteiger partial charge in [-0.2, -0.15) is 0 Å². The van der Waals surface area contributed by atoms with E-state index < -0.39 is 0 Å². The van der Waals surface area contributed by atoms with Crippen LogP contribution >= 0.6 is 11.6 Å². The van der Waals surface area contributed by atoms with Crippen LogP contribution in [-0.2, 0) is 6.42 Å². The highest BCUT2D eigenvalue weighted by atomic mass is 35.5. The maximum absolute atomic E-state index is 5.72. The summed E-state index contributed by atoms with van der Waals surface area (Å²) in [5.41, 5.74) is 1.29. The van der Waals surface area contributed by atoms with E-state index in [0.717, 1.165) is 11.4 Å². The molecule has 0 aromatic heterocycles. The number of hydrogen-bond donors (Lipinski definition) is 0. The third-order valence-corrected chi connectivity index (χ3v) is 1.53. The highest BCUT2D eigenvalue weighted by Crippen LogP contribution is 2.10. The second-order valence-electron chi connectivity index (χ2n) is 1.98. The van der Waals surface area contributed by atoms with Crippen LogP contribution in [-0.4, -0.2) is 0 Å². The van der Waals surface area contributed by atoms with Gasteiger partial charge in [0.05, 0.1) is 0 Å². The van der Waals surface area contributed by atoms with E-state index >= 15 is 0 Å². The predicted molar refractivity (Wildman–Crippen MR) is 40.8 cm³/mol. The van der Waals surface area contributed by atoms with Gasteiger partial charge in [0.15, 0.2) is 0 Å². The fraction of sp³-hybridized carbons (Fsp3) is 0.250. The van der Waals surface area contributed by atoms with Crippen molar-refractivity contribution in [3.8, 4) is 0 Å². The molecule has 0 aliphatic heterocycles. The number of hydrogen-bond acceptors (Lipinski definition) is 0. The molecule has 0 fully saturated rings. The van der Waals surface area contributed by atoms with Gasteiger partial charge in [-0.15, -0.1) is 0 Å². The van der Waals surface area contributed by atoms with Crippen molar-refractivity contribution in [3.63, 3.8) is 0 Å². The first-order valence-electron chi connectivity index (χ1n) is 3.07. The molecule has 0 saturated heterocycles. The molecule has 0 spiro atoms. The van der Waals surface area contributed by atoms with Crippen LogP contribution in [0.4, 0.5) is 0 Å². The first kappa shape index (κ1) is 6.63. The fourth-order valence-electron chi connectivity index (χ4n) is 0.757. The van der Waals surface area contributed by atoms with E-state index in [9.17, 15) is 0 Å². The zero-order valence-corrected chi connectivity index (χ0v) is 6.15. The van der Waals surface area contributed by atoms with Gasteiger partial charge < -0.3 is 0 Å². The zero-order chi connectivity index (χ0) is 6.69. The summed E-state index contributed by atoms with van der Waals surface area (Å²) < 4.78 is 0. The molecule has 1 heteroatoms. The Labute approximate surface area is 60.5 Å². The molecule has 1 aromatic carbocycles. The van der Waals surface area contributed by atoms with Crippen LogP contribution in [0.5, 0.6) is 0 Å². The van der Waals surface area contributed by atoms with Gasteiger partial charge in [0, 0.05) is 5.02 Å². The quantitative estimate of drug-likeness (QED) is 0.563. The van der Waals surface area contributed by atoms with Crippen molar-refractivity contribution >= 4 is 11.6 Å². The standard InChI is InChI=1S/C8H9Cl/c1-2-7-4-3-5-8(9)6-7/h3-6H,2H2,1H3. The molecule has 0 unspecified atom stereocenters. The number of halogens is 1. The van der Waals surface area contributed by atoms with Crippen molar-refractivity contribution in [2.45, 2.75) is 13.3 Å². The van der Waals surface area contributed by atoms with Gasteiger partial charge >= 0.3 is 0 Å². The molecule has 1 aromatic rings. The molecule has 0 aliphatic carbocycles. The minimum absolute atomic E-state index is 0.828. The van der Waals surface area contributed by atoms with Gasteiger partial charge in [-0.3, -0.25) is 0 Å². The predicted octanol–water partition coefficient (Wildman–Crippen LogP) is 2.90. The van der Waals surface area contributed by atoms with Crippen molar-refractivity contribution in [1.82, 2.24) is 0 Å². The van der Waals surface area contributed by atoms with E-state index in [1.807, 2.05) is 18.2 Å². The van der Waals surface area contributed by atoms with Crippen molar-refractivity contribution in [2.75, 3.05) is 0 Å². The molecule has 0 atom stereocenters. The lowest BCUT2D eigenvalue weighted by atomic mass is 10.2. The summed E-state index contributed by atoms with van der Waals surface area (Å²) in [6.07, 6.45) is 1.06. The van der Waals surface area contributed by atoms with Crippen molar-refractivity contribution < 1.29 is 0 Å². The Morgan fingerprint density at radius 2 is 2.22 bits per heavy atom. The Balaban J connectivity index is 2.94. The van der Waals surface area contributed by atoms with E-state index in [2.05, 4.69) is 13.0 Å². The van der Waals surface area contributed by atoms with Crippen molar-refractivity contribution in [3.05, 3.63) is 34.9 Å². The van der Waals surface area contributed by atoms with Gasteiger partial charge in [-0.25, -0.2) is 0 Å². The topological polar surface area (TPSA) is 0 Å². The molecule has 0 N–H and O–H groups in total. The van der Waals surface area contributed by atoms with E-state index in [4.69, 9.17) is 11.6 Å². The van der Waals surface area contributed by atoms with E-state index in [1.165, 1.54) is 5.56 Å². The second-order valence-corrected chi connectivity index (χ2v) is 2.42. The van der Waals surface area contributed by atoms with Crippen LogP contribution in [0, 0.1) is 0 Å². The first-order chi connectivity index (χ1) is 4.33. The highest BCUT2D eigenvalue weighted by molar-refractivity contribution is 6.30. The largest absolute Gasteiger partial charge is 0.0843 e. The van der Waals surface area contributed by atoms with E-state index in [1.54, 1.807) is 0 Å². The molecule has 0 aliphatic rings. The molecule has 0 amide bonds. The third-order valence-electron chi connectivity index (χ3n) is 1.30. The van der Waals surface area contributed by atoms with Crippen molar-refractivity contribution in [2.24, 2.45) is 0 Å². The summed E-state index contributed by atoms with van der Waals surface area (Å²) in [6, 6.07) is 7.93. The first-order valence-corrected chi connectivity index (χ1v) is 3.45. The maximum atomic E-state index is 5.72. The van der Waals surface area contributed by atoms with Crippen LogP contribution in [0.1, 0.15) is 12.5 Å². The summed E-state index contributed by atoms with van der Waals surface area (Å²) in [5.74, 6) is 0. The van der Waals surface area contributed by atoms with Gasteiger partial charge in [0.1, 0.15) is 0 Å². The summed E-state index contributed by atoms with van der Waals surface area (Å²) in [7, 11) is 0. The van der Waals surface area contributed by atoms with Crippen LogP contribution in [0.2, 0.25) is 5.02 Å². The molecule has 0 bridgehead atoms. The molecule has 0 nitrogen and oxygen atoms in total. The van der Waals surface area contributed by atoms with Gasteiger partial charge in [0.2, 0.25) is 0 Å². The Bertz CT molecular complexity index is 194. The zero-order valence-electron chi connectivity index (χ0n) is 5.39. The molecule has 1 rings (SSSR count). The fourth-order valence-corrected chi connectivity index (χ4v) is 0.970. The summed E-state index contributed by atoms with van der Waals surface area (Å²) in [4.78, 5) is 0. The van der Waals surface area contributed by atoms with Gasteiger partial charge in [0.25, 0.3) is 0 Å². The molecule has 48 valence electrons. The normalized spacial score (nSPS) is 9.56. The molecule has 0 heterocycles. The minimum Gasteiger partial charge on any atom is -0.0843 e. The smallest absolute Gasteiger partial charge is 0.0408 e. The van der Waals surface area contributed by atoms with Crippen LogP contribution in [0.25, 0.3) is 0 Å². The molecular weight excluding hydrogens is 132 g/mol. The van der Waals surface area contributed by atoms with Crippen LogP contribution < -0.4 is 0 Å². The molecule has 0 saturated carbocycles. The monoisotopic (exact) mass is 140 g/mol. The average molecular weight is 141 g/mol. The number of benzene rings is 1. The number of aryl methyl sites for hydroxylation is 1. The van der Waals surface area contributed by atoms with Gasteiger partial charge in [-0.05, 0) is 24.1 Å². The van der Waals surface area contributed by atoms with Crippen molar-refractivity contribution in [1.29, 1.82) is 0 Å². The molecule has 0 radical (unpaired) electrons. The highest BCUT2D eigenvalue weighted by Gasteiger charge is 1.87. The summed E-state index contributed by atoms with van der Waals surface area (Å²) >= 11 is 5.72. The molecular formula is C8H9Cl. The number of rotatable bonds is 1. The summed E-state index contributed by atoms with van der Waals surface area (Å²) in [5, 5.41) is 0.828. The Kier molecular flexibility index (Phi) is 2.12. The molecule has 9 heavy (non-hydrogen) atoms. The third kappa shape index (κ3) is 1.72. The average Bonchev–Trinajstić information content (AvgIpc) is 1.88. The SMILES string of the molecule is CCc1cccc(Cl)c1. The lowest BCUT2D eigenvalue weighted by Crippen LogP contribution is -1.76. The Hall–Kier alpha value is -0.490.